The van der Waals surface area contributed by atoms with Crippen LogP contribution in [-0.4, -0.2) is 6.29 Å². The van der Waals surface area contributed by atoms with Gasteiger partial charge in [-0.15, -0.1) is 0 Å². The number of hydrogen-bond acceptors (Lipinski definition) is 1. The van der Waals surface area contributed by atoms with Crippen LogP contribution in [0.2, 0.25) is 0 Å². The summed E-state index contributed by atoms with van der Waals surface area (Å²) < 4.78 is 0. The van der Waals surface area contributed by atoms with E-state index in [-0.39, 0.29) is 10.8 Å². The van der Waals surface area contributed by atoms with Gasteiger partial charge in [-0.25, -0.2) is 0 Å². The van der Waals surface area contributed by atoms with E-state index in [4.69, 9.17) is 0 Å². The van der Waals surface area contributed by atoms with Crippen LogP contribution in [0.15, 0.2) is 36.4 Å². The van der Waals surface area contributed by atoms with Crippen LogP contribution in [0.25, 0.3) is 21.5 Å². The van der Waals surface area contributed by atoms with E-state index in [0.29, 0.717) is 0 Å². The van der Waals surface area contributed by atoms with Gasteiger partial charge < -0.3 is 0 Å². The van der Waals surface area contributed by atoms with E-state index in [9.17, 15) is 4.79 Å². The molecule has 0 saturated carbocycles. The summed E-state index contributed by atoms with van der Waals surface area (Å²) in [5.74, 6) is 0. The predicted molar refractivity (Wildman–Crippen MR) is 109 cm³/mol. The number of benzene rings is 3. The summed E-state index contributed by atoms with van der Waals surface area (Å²) in [6.45, 7) is 15.5. The van der Waals surface area contributed by atoms with Crippen LogP contribution in [0, 0.1) is 6.92 Å². The molecule has 130 valence electrons. The second kappa shape index (κ2) is 5.69. The van der Waals surface area contributed by atoms with Gasteiger partial charge in [-0.3, -0.25) is 4.79 Å². The van der Waals surface area contributed by atoms with Gasteiger partial charge >= 0.3 is 0 Å². The Labute approximate surface area is 151 Å². The number of rotatable bonds is 1. The molecule has 3 rings (SSSR count). The molecule has 0 saturated heterocycles. The molecule has 3 aromatic rings. The minimum atomic E-state index is -0.000163. The smallest absolute Gasteiger partial charge is 0.150 e. The molecule has 0 aliphatic rings. The van der Waals surface area contributed by atoms with E-state index < -0.39 is 0 Å². The second-order valence-corrected chi connectivity index (χ2v) is 9.20. The number of carbonyl (C=O) groups excluding carboxylic acids is 1. The molecule has 0 unspecified atom stereocenters. The molecule has 1 heteroatoms. The Hall–Kier alpha value is -2.15. The van der Waals surface area contributed by atoms with Crippen molar-refractivity contribution in [3.8, 4) is 0 Å². The lowest BCUT2D eigenvalue weighted by Gasteiger charge is -2.25. The van der Waals surface area contributed by atoms with Crippen molar-refractivity contribution in [2.75, 3.05) is 0 Å². The first kappa shape index (κ1) is 17.7. The first-order valence-corrected chi connectivity index (χ1v) is 9.00. The highest BCUT2D eigenvalue weighted by molar-refractivity contribution is 6.14. The molecule has 0 heterocycles. The van der Waals surface area contributed by atoms with Gasteiger partial charge in [-0.05, 0) is 68.1 Å². The lowest BCUT2D eigenvalue weighted by molar-refractivity contribution is 0.112. The van der Waals surface area contributed by atoms with Crippen LogP contribution in [0.3, 0.4) is 0 Å². The van der Waals surface area contributed by atoms with Gasteiger partial charge in [0.15, 0.2) is 6.29 Å². The molecule has 25 heavy (non-hydrogen) atoms. The normalized spacial score (nSPS) is 12.8. The molecule has 0 fully saturated rings. The maximum atomic E-state index is 11.8. The standard InChI is InChI=1S/C24H28O/c1-15-8-11-21(24(5,6)7)22-18(15)9-10-19-16(14-25)12-17(13-20(19)22)23(2,3)4/h8-14H,1-7H3. The van der Waals surface area contributed by atoms with Crippen LogP contribution in [0.1, 0.15) is 68.6 Å². The summed E-state index contributed by atoms with van der Waals surface area (Å²) in [4.78, 5) is 11.8. The average Bonchev–Trinajstić information content (AvgIpc) is 2.51. The third-order valence-electron chi connectivity index (χ3n) is 5.16. The van der Waals surface area contributed by atoms with Crippen LogP contribution in [-0.2, 0) is 10.8 Å². The lowest BCUT2D eigenvalue weighted by Crippen LogP contribution is -2.13. The Morgan fingerprint density at radius 2 is 1.40 bits per heavy atom. The molecule has 0 aliphatic heterocycles. The highest BCUT2D eigenvalue weighted by atomic mass is 16.1. The van der Waals surface area contributed by atoms with Crippen molar-refractivity contribution in [2.24, 2.45) is 0 Å². The maximum absolute atomic E-state index is 11.8. The zero-order chi connectivity index (χ0) is 18.6. The summed E-state index contributed by atoms with van der Waals surface area (Å²) in [6, 6.07) is 13.1. The Balaban J connectivity index is 2.61. The first-order valence-electron chi connectivity index (χ1n) is 9.00. The van der Waals surface area contributed by atoms with Crippen molar-refractivity contribution in [3.63, 3.8) is 0 Å². The third kappa shape index (κ3) is 2.97. The molecule has 0 atom stereocenters. The fourth-order valence-corrected chi connectivity index (χ4v) is 3.62. The average molecular weight is 332 g/mol. The number of carbonyl (C=O) groups is 1. The van der Waals surface area contributed by atoms with E-state index in [1.54, 1.807) is 0 Å². The largest absolute Gasteiger partial charge is 0.298 e. The molecule has 0 spiro atoms. The highest BCUT2D eigenvalue weighted by Crippen LogP contribution is 2.39. The minimum Gasteiger partial charge on any atom is -0.298 e. The zero-order valence-corrected chi connectivity index (χ0v) is 16.4. The molecule has 0 N–H and O–H groups in total. The van der Waals surface area contributed by atoms with Crippen molar-refractivity contribution in [2.45, 2.75) is 59.3 Å². The summed E-state index contributed by atoms with van der Waals surface area (Å²) >= 11 is 0. The molecule has 0 radical (unpaired) electrons. The molecule has 0 aromatic heterocycles. The quantitative estimate of drug-likeness (QED) is 0.357. The van der Waals surface area contributed by atoms with E-state index >= 15 is 0 Å². The lowest BCUT2D eigenvalue weighted by atomic mass is 9.79. The zero-order valence-electron chi connectivity index (χ0n) is 16.4. The van der Waals surface area contributed by atoms with Gasteiger partial charge in [-0.1, -0.05) is 65.8 Å². The predicted octanol–water partition coefficient (Wildman–Crippen LogP) is 6.71. The number of aldehydes is 1. The number of fused-ring (bicyclic) bond motifs is 3. The monoisotopic (exact) mass is 332 g/mol. The molecule has 1 nitrogen and oxygen atoms in total. The minimum absolute atomic E-state index is 0.000163. The van der Waals surface area contributed by atoms with Gasteiger partial charge in [0.25, 0.3) is 0 Å². The van der Waals surface area contributed by atoms with Gasteiger partial charge in [0, 0.05) is 5.56 Å². The van der Waals surface area contributed by atoms with E-state index in [1.807, 2.05) is 6.07 Å². The Kier molecular flexibility index (Phi) is 4.02. The Morgan fingerprint density at radius 3 is 1.96 bits per heavy atom. The molecular weight excluding hydrogens is 304 g/mol. The van der Waals surface area contributed by atoms with E-state index in [2.05, 4.69) is 78.8 Å². The molecule has 0 amide bonds. The van der Waals surface area contributed by atoms with Gasteiger partial charge in [0.2, 0.25) is 0 Å². The topological polar surface area (TPSA) is 17.1 Å². The van der Waals surface area contributed by atoms with Gasteiger partial charge in [0.05, 0.1) is 0 Å². The van der Waals surface area contributed by atoms with E-state index in [0.717, 1.165) is 17.2 Å². The van der Waals surface area contributed by atoms with Gasteiger partial charge in [-0.2, -0.15) is 0 Å². The summed E-state index contributed by atoms with van der Waals surface area (Å²) in [5, 5.41) is 4.81. The third-order valence-corrected chi connectivity index (χ3v) is 5.16. The van der Waals surface area contributed by atoms with Gasteiger partial charge in [0.1, 0.15) is 0 Å². The molecule has 0 aliphatic carbocycles. The molecule has 3 aromatic carbocycles. The van der Waals surface area contributed by atoms with Crippen LogP contribution in [0.5, 0.6) is 0 Å². The number of aryl methyl sites for hydroxylation is 1. The second-order valence-electron chi connectivity index (χ2n) is 9.20. The summed E-state index contributed by atoms with van der Waals surface area (Å²) in [5.41, 5.74) is 4.64. The fourth-order valence-electron chi connectivity index (χ4n) is 3.62. The van der Waals surface area contributed by atoms with Crippen LogP contribution >= 0.6 is 0 Å². The first-order chi connectivity index (χ1) is 11.5. The molecule has 0 bridgehead atoms. The highest BCUT2D eigenvalue weighted by Gasteiger charge is 2.22. The van der Waals surface area contributed by atoms with Crippen LogP contribution < -0.4 is 0 Å². The van der Waals surface area contributed by atoms with Crippen molar-refractivity contribution in [1.29, 1.82) is 0 Å². The van der Waals surface area contributed by atoms with Crippen molar-refractivity contribution in [3.05, 3.63) is 58.7 Å². The van der Waals surface area contributed by atoms with E-state index in [1.165, 1.54) is 32.8 Å². The summed E-state index contributed by atoms with van der Waals surface area (Å²) in [7, 11) is 0. The van der Waals surface area contributed by atoms with Crippen molar-refractivity contribution >= 4 is 27.8 Å². The SMILES string of the molecule is Cc1ccc(C(C)(C)C)c2c1ccc1c(C=O)cc(C(C)(C)C)cc12. The van der Waals surface area contributed by atoms with Crippen molar-refractivity contribution < 1.29 is 4.79 Å². The fraction of sp³-hybridized carbons (Fsp3) is 0.375. The van der Waals surface area contributed by atoms with Crippen LogP contribution in [0.4, 0.5) is 0 Å². The maximum Gasteiger partial charge on any atom is 0.150 e. The Bertz CT molecular complexity index is 979. The molecular formula is C24H28O. The summed E-state index contributed by atoms with van der Waals surface area (Å²) in [6.07, 6.45) is 0.996. The Morgan fingerprint density at radius 1 is 0.760 bits per heavy atom. The number of hydrogen-bond donors (Lipinski definition) is 0. The van der Waals surface area contributed by atoms with Crippen molar-refractivity contribution in [1.82, 2.24) is 0 Å².